The molecule has 4 aromatic rings. The fourth-order valence-corrected chi connectivity index (χ4v) is 5.29. The second kappa shape index (κ2) is 11.5. The average Bonchev–Trinajstić information content (AvgIpc) is 3.56. The third-order valence-corrected chi connectivity index (χ3v) is 7.08. The minimum Gasteiger partial charge on any atom is -0.465 e. The lowest BCUT2D eigenvalue weighted by Crippen LogP contribution is -2.33. The number of esters is 1. The number of thiocarbonyl (C=S) groups is 1. The van der Waals surface area contributed by atoms with Gasteiger partial charge in [-0.25, -0.2) is 4.79 Å². The van der Waals surface area contributed by atoms with Crippen LogP contribution in [0.3, 0.4) is 0 Å². The number of nitrogens with one attached hydrogen (secondary N) is 2. The molecule has 1 saturated heterocycles. The second-order valence-electron chi connectivity index (χ2n) is 9.30. The number of amides is 1. The summed E-state index contributed by atoms with van der Waals surface area (Å²) in [5.74, 6) is -0.522. The Balaban J connectivity index is 1.48. The first-order valence-corrected chi connectivity index (χ1v) is 13.1. The maximum Gasteiger partial charge on any atom is 0.339 e. The number of para-hydroxylation sites is 1. The van der Waals surface area contributed by atoms with Crippen molar-refractivity contribution in [1.82, 2.24) is 19.8 Å². The van der Waals surface area contributed by atoms with E-state index in [0.29, 0.717) is 22.9 Å². The summed E-state index contributed by atoms with van der Waals surface area (Å²) in [4.78, 5) is 32.1. The number of carbonyl (C=O) groups is 2. The van der Waals surface area contributed by atoms with E-state index < -0.39 is 5.97 Å². The molecule has 2 aromatic carbocycles. The van der Waals surface area contributed by atoms with Crippen LogP contribution in [0.5, 0.6) is 0 Å². The van der Waals surface area contributed by atoms with Crippen LogP contribution in [0, 0.1) is 6.92 Å². The summed E-state index contributed by atoms with van der Waals surface area (Å²) >= 11 is 5.79. The predicted molar refractivity (Wildman–Crippen MR) is 154 cm³/mol. The highest BCUT2D eigenvalue weighted by Crippen LogP contribution is 2.40. The predicted octanol–water partition coefficient (Wildman–Crippen LogP) is 4.97. The van der Waals surface area contributed by atoms with Crippen molar-refractivity contribution in [2.45, 2.75) is 25.4 Å². The number of aromatic nitrogens is 2. The van der Waals surface area contributed by atoms with Crippen molar-refractivity contribution in [2.24, 2.45) is 0 Å². The topological polar surface area (TPSA) is 88.5 Å². The zero-order valence-electron chi connectivity index (χ0n) is 21.7. The molecule has 0 bridgehead atoms. The monoisotopic (exact) mass is 539 g/mol. The molecule has 0 aliphatic carbocycles. The Morgan fingerprint density at radius 3 is 2.64 bits per heavy atom. The molecule has 2 N–H and O–H groups in total. The van der Waals surface area contributed by atoms with E-state index in [1.54, 1.807) is 18.3 Å². The molecular formula is C30H29N5O3S. The van der Waals surface area contributed by atoms with Gasteiger partial charge in [0.1, 0.15) is 0 Å². The summed E-state index contributed by atoms with van der Waals surface area (Å²) in [6.45, 7) is 2.38. The molecule has 1 aliphatic rings. The largest absolute Gasteiger partial charge is 0.465 e. The number of rotatable bonds is 8. The normalized spacial score (nSPS) is 16.6. The number of ether oxygens (including phenoxy) is 1. The fourth-order valence-electron chi connectivity index (χ4n) is 4.96. The van der Waals surface area contributed by atoms with E-state index in [9.17, 15) is 9.59 Å². The minimum absolute atomic E-state index is 0.102. The molecule has 5 rings (SSSR count). The Kier molecular flexibility index (Phi) is 7.69. The van der Waals surface area contributed by atoms with Crippen molar-refractivity contribution < 1.29 is 14.3 Å². The molecule has 9 heteroatoms. The van der Waals surface area contributed by atoms with Crippen LogP contribution in [-0.2, 0) is 9.53 Å². The van der Waals surface area contributed by atoms with Crippen LogP contribution in [0.15, 0.2) is 91.3 Å². The van der Waals surface area contributed by atoms with E-state index in [1.165, 1.54) is 7.11 Å². The number of methoxy groups -OCH3 is 1. The first-order valence-electron chi connectivity index (χ1n) is 12.7. The highest BCUT2D eigenvalue weighted by Gasteiger charge is 2.41. The quantitative estimate of drug-likeness (QED) is 0.241. The second-order valence-corrected chi connectivity index (χ2v) is 9.69. The number of nitrogens with zero attached hydrogens (tertiary/aromatic N) is 3. The Hall–Kier alpha value is -4.50. The lowest BCUT2D eigenvalue weighted by atomic mass is 10.0. The van der Waals surface area contributed by atoms with Gasteiger partial charge in [-0.15, -0.1) is 0 Å². The van der Waals surface area contributed by atoms with Crippen molar-refractivity contribution in [3.8, 4) is 5.69 Å². The Labute approximate surface area is 232 Å². The van der Waals surface area contributed by atoms with Crippen LogP contribution in [0.1, 0.15) is 45.8 Å². The van der Waals surface area contributed by atoms with E-state index in [1.807, 2.05) is 89.3 Å². The van der Waals surface area contributed by atoms with Crippen molar-refractivity contribution in [2.75, 3.05) is 19.0 Å². The average molecular weight is 540 g/mol. The molecule has 2 aromatic heterocycles. The van der Waals surface area contributed by atoms with Gasteiger partial charge in [0, 0.05) is 36.7 Å². The molecule has 0 spiro atoms. The number of hydrogen-bond donors (Lipinski definition) is 2. The minimum atomic E-state index is -0.420. The van der Waals surface area contributed by atoms with Crippen LogP contribution in [0.4, 0.5) is 5.69 Å². The van der Waals surface area contributed by atoms with Gasteiger partial charge < -0.3 is 24.8 Å². The smallest absolute Gasteiger partial charge is 0.339 e. The van der Waals surface area contributed by atoms with Gasteiger partial charge in [-0.2, -0.15) is 0 Å². The summed E-state index contributed by atoms with van der Waals surface area (Å²) in [6.07, 6.45) is 3.90. The molecule has 0 unspecified atom stereocenters. The molecule has 1 fully saturated rings. The van der Waals surface area contributed by atoms with Gasteiger partial charge in [-0.1, -0.05) is 30.3 Å². The highest BCUT2D eigenvalue weighted by molar-refractivity contribution is 7.80. The number of anilines is 1. The van der Waals surface area contributed by atoms with Crippen LogP contribution in [-0.4, -0.2) is 45.1 Å². The van der Waals surface area contributed by atoms with Gasteiger partial charge >= 0.3 is 5.97 Å². The Bertz CT molecular complexity index is 1500. The van der Waals surface area contributed by atoms with Crippen molar-refractivity contribution in [1.29, 1.82) is 0 Å². The molecule has 2 atom stereocenters. The van der Waals surface area contributed by atoms with Crippen LogP contribution in [0.25, 0.3) is 5.69 Å². The summed E-state index contributed by atoms with van der Waals surface area (Å²) in [7, 11) is 1.37. The highest BCUT2D eigenvalue weighted by atomic mass is 32.1. The van der Waals surface area contributed by atoms with Crippen LogP contribution in [0.2, 0.25) is 0 Å². The Morgan fingerprint density at radius 1 is 1.05 bits per heavy atom. The molecule has 0 saturated carbocycles. The zero-order valence-corrected chi connectivity index (χ0v) is 22.5. The molecule has 1 amide bonds. The zero-order chi connectivity index (χ0) is 27.4. The molecule has 1 aliphatic heterocycles. The Morgan fingerprint density at radius 2 is 1.87 bits per heavy atom. The van der Waals surface area contributed by atoms with Crippen LogP contribution < -0.4 is 10.6 Å². The van der Waals surface area contributed by atoms with Gasteiger partial charge in [-0.3, -0.25) is 9.78 Å². The third kappa shape index (κ3) is 5.53. The van der Waals surface area contributed by atoms with Gasteiger partial charge in [0.2, 0.25) is 5.91 Å². The van der Waals surface area contributed by atoms with Crippen LogP contribution >= 0.6 is 12.2 Å². The first-order chi connectivity index (χ1) is 19.0. The van der Waals surface area contributed by atoms with E-state index >= 15 is 0 Å². The van der Waals surface area contributed by atoms with E-state index in [-0.39, 0.29) is 24.4 Å². The summed E-state index contributed by atoms with van der Waals surface area (Å²) < 4.78 is 7.01. The van der Waals surface area contributed by atoms with Gasteiger partial charge in [0.15, 0.2) is 5.11 Å². The van der Waals surface area contributed by atoms with E-state index in [2.05, 4.69) is 15.6 Å². The lowest BCUT2D eigenvalue weighted by molar-refractivity contribution is -0.116. The summed E-state index contributed by atoms with van der Waals surface area (Å²) in [5, 5.41) is 6.94. The number of carbonyl (C=O) groups excluding carboxylic acids is 2. The lowest BCUT2D eigenvalue weighted by Gasteiger charge is -2.29. The van der Waals surface area contributed by atoms with Gasteiger partial charge in [-0.05, 0) is 73.2 Å². The SMILES string of the molecule is COC(=O)c1ccccc1-n1cccc1[C@@H]1[C@@H](c2ccccn2)NC(=S)N1CCC(=O)Nc1cccc(C)c1. The maximum atomic E-state index is 12.9. The molecular weight excluding hydrogens is 510 g/mol. The maximum absolute atomic E-state index is 12.9. The first kappa shape index (κ1) is 26.1. The van der Waals surface area contributed by atoms with Gasteiger partial charge in [0.25, 0.3) is 0 Å². The van der Waals surface area contributed by atoms with E-state index in [0.717, 1.165) is 22.6 Å². The summed E-state index contributed by atoms with van der Waals surface area (Å²) in [6, 6.07) is 24.2. The molecule has 39 heavy (non-hydrogen) atoms. The number of hydrogen-bond acceptors (Lipinski definition) is 5. The van der Waals surface area contributed by atoms with E-state index in [4.69, 9.17) is 17.0 Å². The van der Waals surface area contributed by atoms with Gasteiger partial charge in [0.05, 0.1) is 36.1 Å². The van der Waals surface area contributed by atoms with Crippen molar-refractivity contribution >= 4 is 34.9 Å². The summed E-state index contributed by atoms with van der Waals surface area (Å²) in [5.41, 5.74) is 4.70. The van der Waals surface area contributed by atoms with Crippen molar-refractivity contribution in [3.63, 3.8) is 0 Å². The number of benzene rings is 2. The number of aryl methyl sites for hydroxylation is 1. The number of pyridine rings is 1. The molecule has 3 heterocycles. The van der Waals surface area contributed by atoms with Crippen molar-refractivity contribution in [3.05, 3.63) is 114 Å². The fraction of sp³-hybridized carbons (Fsp3) is 0.200. The molecule has 0 radical (unpaired) electrons. The molecule has 198 valence electrons. The molecule has 8 nitrogen and oxygen atoms in total. The standard InChI is InChI=1S/C30H29N5O3S/c1-20-9-7-10-21(19-20)32-26(36)15-18-35-28(27(33-30(35)39)23-12-5-6-16-31-23)25-14-8-17-34(25)24-13-4-3-11-22(24)29(37)38-2/h3-14,16-17,19,27-28H,15,18H2,1-2H3,(H,32,36)(H,33,39)/t27-,28-/m1/s1. The third-order valence-electron chi connectivity index (χ3n) is 6.73.